The molecular formula is C18H22O4. The molecule has 1 aromatic rings. The fourth-order valence-corrected chi connectivity index (χ4v) is 1.78. The lowest BCUT2D eigenvalue weighted by atomic mass is 10.1. The molecule has 0 amide bonds. The van der Waals surface area contributed by atoms with Crippen molar-refractivity contribution in [2.75, 3.05) is 13.2 Å². The van der Waals surface area contributed by atoms with Gasteiger partial charge < -0.3 is 9.47 Å². The van der Waals surface area contributed by atoms with Crippen LogP contribution in [0.2, 0.25) is 0 Å². The molecule has 0 unspecified atom stereocenters. The predicted octanol–water partition coefficient (Wildman–Crippen LogP) is 3.93. The van der Waals surface area contributed by atoms with Gasteiger partial charge in [0.2, 0.25) is 0 Å². The fourth-order valence-electron chi connectivity index (χ4n) is 1.78. The normalized spacial score (nSPS) is 9.82. The van der Waals surface area contributed by atoms with E-state index >= 15 is 0 Å². The second kappa shape index (κ2) is 10.4. The topological polar surface area (TPSA) is 52.6 Å². The Morgan fingerprint density at radius 2 is 1.27 bits per heavy atom. The minimum absolute atomic E-state index is 0.231. The van der Waals surface area contributed by atoms with Gasteiger partial charge in [-0.05, 0) is 37.8 Å². The minimum Gasteiger partial charge on any atom is -0.462 e. The zero-order chi connectivity index (χ0) is 16.2. The van der Waals surface area contributed by atoms with E-state index in [9.17, 15) is 9.59 Å². The Bertz CT molecular complexity index is 473. The summed E-state index contributed by atoms with van der Waals surface area (Å²) in [6.07, 6.45) is 6.51. The summed E-state index contributed by atoms with van der Waals surface area (Å²) in [7, 11) is 0. The number of esters is 2. The van der Waals surface area contributed by atoms with E-state index < -0.39 is 11.9 Å². The molecule has 1 aromatic carbocycles. The number of unbranched alkanes of at least 4 members (excludes halogenated alkanes) is 2. The number of allylic oxidation sites excluding steroid dienone is 2. The van der Waals surface area contributed by atoms with Crippen molar-refractivity contribution in [1.82, 2.24) is 0 Å². The maximum absolute atomic E-state index is 12.0. The van der Waals surface area contributed by atoms with E-state index in [4.69, 9.17) is 9.47 Å². The molecule has 0 aliphatic carbocycles. The molecule has 22 heavy (non-hydrogen) atoms. The van der Waals surface area contributed by atoms with Crippen molar-refractivity contribution in [3.8, 4) is 0 Å². The van der Waals surface area contributed by atoms with Crippen LogP contribution in [-0.4, -0.2) is 25.2 Å². The Labute approximate surface area is 131 Å². The Hall–Kier alpha value is -2.36. The Balaban J connectivity index is 2.63. The molecule has 0 radical (unpaired) electrons. The summed E-state index contributed by atoms with van der Waals surface area (Å²) in [4.78, 5) is 24.1. The first-order valence-corrected chi connectivity index (χ1v) is 7.35. The molecule has 0 aliphatic rings. The SMILES string of the molecule is C=CCCCOC(=O)c1ccccc1C(=O)OCCCC=C. The molecule has 0 saturated carbocycles. The van der Waals surface area contributed by atoms with E-state index in [1.165, 1.54) is 0 Å². The van der Waals surface area contributed by atoms with E-state index in [1.807, 2.05) is 0 Å². The van der Waals surface area contributed by atoms with E-state index in [-0.39, 0.29) is 11.1 Å². The molecule has 0 aromatic heterocycles. The lowest BCUT2D eigenvalue weighted by molar-refractivity contribution is 0.0454. The van der Waals surface area contributed by atoms with Crippen LogP contribution in [-0.2, 0) is 9.47 Å². The van der Waals surface area contributed by atoms with Crippen molar-refractivity contribution >= 4 is 11.9 Å². The van der Waals surface area contributed by atoms with Gasteiger partial charge in [-0.25, -0.2) is 9.59 Å². The zero-order valence-electron chi connectivity index (χ0n) is 12.8. The van der Waals surface area contributed by atoms with Crippen molar-refractivity contribution in [2.45, 2.75) is 25.7 Å². The molecule has 0 atom stereocenters. The molecule has 4 nitrogen and oxygen atoms in total. The van der Waals surface area contributed by atoms with Gasteiger partial charge in [-0.2, -0.15) is 0 Å². The van der Waals surface area contributed by atoms with Gasteiger partial charge in [-0.3, -0.25) is 0 Å². The number of hydrogen-bond donors (Lipinski definition) is 0. The summed E-state index contributed by atoms with van der Waals surface area (Å²) in [5.41, 5.74) is 0.463. The number of carbonyl (C=O) groups excluding carboxylic acids is 2. The van der Waals surface area contributed by atoms with Crippen molar-refractivity contribution in [3.05, 3.63) is 60.7 Å². The van der Waals surface area contributed by atoms with Crippen LogP contribution in [0.15, 0.2) is 49.6 Å². The lowest BCUT2D eigenvalue weighted by Crippen LogP contribution is -2.14. The summed E-state index contributed by atoms with van der Waals surface area (Å²) >= 11 is 0. The number of carbonyl (C=O) groups is 2. The number of hydrogen-bond acceptors (Lipinski definition) is 4. The van der Waals surface area contributed by atoms with Gasteiger partial charge in [0, 0.05) is 0 Å². The third kappa shape index (κ3) is 5.95. The maximum Gasteiger partial charge on any atom is 0.339 e. The van der Waals surface area contributed by atoms with Crippen LogP contribution in [0.25, 0.3) is 0 Å². The highest BCUT2D eigenvalue weighted by molar-refractivity contribution is 6.03. The van der Waals surface area contributed by atoms with E-state index in [1.54, 1.807) is 36.4 Å². The summed E-state index contributed by atoms with van der Waals surface area (Å²) in [6, 6.07) is 6.51. The van der Waals surface area contributed by atoms with Crippen LogP contribution >= 0.6 is 0 Å². The smallest absolute Gasteiger partial charge is 0.339 e. The Kier molecular flexibility index (Phi) is 8.35. The van der Waals surface area contributed by atoms with E-state index in [2.05, 4.69) is 13.2 Å². The summed E-state index contributed by atoms with van der Waals surface area (Å²) in [6.45, 7) is 7.81. The van der Waals surface area contributed by atoms with Crippen molar-refractivity contribution in [1.29, 1.82) is 0 Å². The van der Waals surface area contributed by atoms with Gasteiger partial charge in [-0.1, -0.05) is 24.3 Å². The largest absolute Gasteiger partial charge is 0.462 e. The molecule has 0 bridgehead atoms. The first-order chi connectivity index (χ1) is 10.7. The Morgan fingerprint density at radius 1 is 0.864 bits per heavy atom. The molecule has 0 heterocycles. The van der Waals surface area contributed by atoms with Crippen molar-refractivity contribution < 1.29 is 19.1 Å². The highest BCUT2D eigenvalue weighted by Crippen LogP contribution is 2.12. The minimum atomic E-state index is -0.511. The van der Waals surface area contributed by atoms with Gasteiger partial charge in [0.05, 0.1) is 24.3 Å². The van der Waals surface area contributed by atoms with Gasteiger partial charge in [0.1, 0.15) is 0 Å². The Morgan fingerprint density at radius 3 is 1.64 bits per heavy atom. The maximum atomic E-state index is 12.0. The average Bonchev–Trinajstić information content (AvgIpc) is 2.55. The lowest BCUT2D eigenvalue weighted by Gasteiger charge is -2.09. The monoisotopic (exact) mass is 302 g/mol. The van der Waals surface area contributed by atoms with E-state index in [0.717, 1.165) is 12.8 Å². The highest BCUT2D eigenvalue weighted by Gasteiger charge is 2.18. The van der Waals surface area contributed by atoms with Gasteiger partial charge >= 0.3 is 11.9 Å². The van der Waals surface area contributed by atoms with Crippen LogP contribution < -0.4 is 0 Å². The number of rotatable bonds is 10. The molecule has 1 rings (SSSR count). The molecule has 0 saturated heterocycles. The van der Waals surface area contributed by atoms with Crippen LogP contribution in [0.3, 0.4) is 0 Å². The highest BCUT2D eigenvalue weighted by atomic mass is 16.5. The quantitative estimate of drug-likeness (QED) is 0.373. The molecular weight excluding hydrogens is 280 g/mol. The first kappa shape index (κ1) is 17.7. The van der Waals surface area contributed by atoms with Crippen molar-refractivity contribution in [3.63, 3.8) is 0 Å². The zero-order valence-corrected chi connectivity index (χ0v) is 12.8. The van der Waals surface area contributed by atoms with Crippen LogP contribution in [0.1, 0.15) is 46.4 Å². The van der Waals surface area contributed by atoms with E-state index in [0.29, 0.717) is 26.1 Å². The van der Waals surface area contributed by atoms with Crippen LogP contribution in [0, 0.1) is 0 Å². The molecule has 0 aliphatic heterocycles. The predicted molar refractivity (Wildman–Crippen MR) is 85.9 cm³/mol. The number of ether oxygens (including phenoxy) is 2. The van der Waals surface area contributed by atoms with Gasteiger partial charge in [0.25, 0.3) is 0 Å². The molecule has 118 valence electrons. The van der Waals surface area contributed by atoms with Gasteiger partial charge in [0.15, 0.2) is 0 Å². The average molecular weight is 302 g/mol. The summed E-state index contributed by atoms with van der Waals surface area (Å²) in [5.74, 6) is -1.02. The summed E-state index contributed by atoms with van der Waals surface area (Å²) < 4.78 is 10.3. The molecule has 0 spiro atoms. The standard InChI is InChI=1S/C18H22O4/c1-3-5-9-13-21-17(19)15-11-7-8-12-16(15)18(20)22-14-10-6-4-2/h3-4,7-8,11-12H,1-2,5-6,9-10,13-14H2. The molecule has 4 heteroatoms. The fraction of sp³-hybridized carbons (Fsp3) is 0.333. The number of benzene rings is 1. The van der Waals surface area contributed by atoms with Crippen LogP contribution in [0.5, 0.6) is 0 Å². The molecule has 0 N–H and O–H groups in total. The molecule has 0 fully saturated rings. The summed E-state index contributed by atoms with van der Waals surface area (Å²) in [5, 5.41) is 0. The van der Waals surface area contributed by atoms with Gasteiger partial charge in [-0.15, -0.1) is 13.2 Å². The second-order valence-electron chi connectivity index (χ2n) is 4.68. The van der Waals surface area contributed by atoms with Crippen LogP contribution in [0.4, 0.5) is 0 Å². The third-order valence-electron chi connectivity index (χ3n) is 2.94. The first-order valence-electron chi connectivity index (χ1n) is 7.35. The third-order valence-corrected chi connectivity index (χ3v) is 2.94. The van der Waals surface area contributed by atoms with Crippen molar-refractivity contribution in [2.24, 2.45) is 0 Å². The second-order valence-corrected chi connectivity index (χ2v) is 4.68.